The summed E-state index contributed by atoms with van der Waals surface area (Å²) in [6.07, 6.45) is 8.07. The van der Waals surface area contributed by atoms with Gasteiger partial charge in [0.05, 0.1) is 12.2 Å². The van der Waals surface area contributed by atoms with E-state index in [1.165, 1.54) is 38.5 Å². The predicted molar refractivity (Wildman–Crippen MR) is 67.4 cm³/mol. The molecule has 3 heteroatoms. The molecular formula is C14H24N2O. The Balaban J connectivity index is 1.74. The highest BCUT2D eigenvalue weighted by Gasteiger charge is 2.46. The van der Waals surface area contributed by atoms with E-state index in [2.05, 4.69) is 17.1 Å². The first-order valence-corrected chi connectivity index (χ1v) is 7.25. The smallest absolute Gasteiger partial charge is 0.240 e. The number of amides is 1. The molecule has 3 fully saturated rings. The fourth-order valence-electron chi connectivity index (χ4n) is 3.90. The molecule has 3 aliphatic rings. The van der Waals surface area contributed by atoms with E-state index < -0.39 is 0 Å². The van der Waals surface area contributed by atoms with Gasteiger partial charge in [-0.25, -0.2) is 0 Å². The van der Waals surface area contributed by atoms with Gasteiger partial charge in [-0.3, -0.25) is 10.1 Å². The molecule has 96 valence electrons. The topological polar surface area (TPSA) is 32.3 Å². The third-order valence-corrected chi connectivity index (χ3v) is 4.93. The van der Waals surface area contributed by atoms with Crippen LogP contribution in [0.5, 0.6) is 0 Å². The number of nitrogens with zero attached hydrogens (tertiary/aromatic N) is 1. The summed E-state index contributed by atoms with van der Waals surface area (Å²) in [6.45, 7) is 4.31. The van der Waals surface area contributed by atoms with Gasteiger partial charge in [-0.15, -0.1) is 0 Å². The molecule has 0 radical (unpaired) electrons. The van der Waals surface area contributed by atoms with Crippen molar-refractivity contribution in [3.63, 3.8) is 0 Å². The standard InChI is InChI=1S/C14H24N2O/c1-9-7-12(8-9)16-13(11-5-3-4-6-11)15-10(2)14(16)17/h9-13,15H,3-8H2,1-2H3. The molecule has 1 aliphatic heterocycles. The molecule has 0 aromatic rings. The molecule has 1 heterocycles. The summed E-state index contributed by atoms with van der Waals surface area (Å²) >= 11 is 0. The van der Waals surface area contributed by atoms with E-state index >= 15 is 0 Å². The molecule has 1 amide bonds. The lowest BCUT2D eigenvalue weighted by Crippen LogP contribution is -2.52. The van der Waals surface area contributed by atoms with Gasteiger partial charge >= 0.3 is 0 Å². The summed E-state index contributed by atoms with van der Waals surface area (Å²) in [5, 5.41) is 3.54. The second kappa shape index (κ2) is 4.27. The Labute approximate surface area is 104 Å². The van der Waals surface area contributed by atoms with Gasteiger partial charge < -0.3 is 4.90 Å². The van der Waals surface area contributed by atoms with Crippen molar-refractivity contribution >= 4 is 5.91 Å². The van der Waals surface area contributed by atoms with E-state index in [1.54, 1.807) is 0 Å². The average molecular weight is 236 g/mol. The highest BCUT2D eigenvalue weighted by Crippen LogP contribution is 2.38. The lowest BCUT2D eigenvalue weighted by atomic mass is 9.80. The summed E-state index contributed by atoms with van der Waals surface area (Å²) in [5.41, 5.74) is 0. The molecule has 3 nitrogen and oxygen atoms in total. The summed E-state index contributed by atoms with van der Waals surface area (Å²) in [4.78, 5) is 14.5. The van der Waals surface area contributed by atoms with Gasteiger partial charge in [-0.2, -0.15) is 0 Å². The van der Waals surface area contributed by atoms with Crippen molar-refractivity contribution in [3.8, 4) is 0 Å². The van der Waals surface area contributed by atoms with Gasteiger partial charge in [0.2, 0.25) is 5.91 Å². The number of rotatable bonds is 2. The van der Waals surface area contributed by atoms with Crippen molar-refractivity contribution < 1.29 is 4.79 Å². The maximum atomic E-state index is 12.3. The third-order valence-electron chi connectivity index (χ3n) is 4.93. The zero-order valence-corrected chi connectivity index (χ0v) is 11.0. The number of carbonyl (C=O) groups excluding carboxylic acids is 1. The van der Waals surface area contributed by atoms with Crippen LogP contribution in [0, 0.1) is 11.8 Å². The predicted octanol–water partition coefficient (Wildman–Crippen LogP) is 2.12. The van der Waals surface area contributed by atoms with E-state index in [9.17, 15) is 4.79 Å². The van der Waals surface area contributed by atoms with Gasteiger partial charge in [-0.05, 0) is 44.4 Å². The van der Waals surface area contributed by atoms with Gasteiger partial charge in [-0.1, -0.05) is 19.8 Å². The van der Waals surface area contributed by atoms with Gasteiger partial charge in [0.1, 0.15) is 0 Å². The van der Waals surface area contributed by atoms with Gasteiger partial charge in [0, 0.05) is 6.04 Å². The molecule has 0 bridgehead atoms. The average Bonchev–Trinajstić information content (AvgIpc) is 2.85. The molecule has 2 aliphatic carbocycles. The molecule has 0 aromatic carbocycles. The Morgan fingerprint density at radius 2 is 1.82 bits per heavy atom. The highest BCUT2D eigenvalue weighted by molar-refractivity contribution is 5.84. The van der Waals surface area contributed by atoms with Crippen molar-refractivity contribution in [3.05, 3.63) is 0 Å². The summed E-state index contributed by atoms with van der Waals surface area (Å²) in [7, 11) is 0. The fraction of sp³-hybridized carbons (Fsp3) is 0.929. The van der Waals surface area contributed by atoms with E-state index in [-0.39, 0.29) is 6.04 Å². The van der Waals surface area contributed by atoms with Crippen LogP contribution in [-0.2, 0) is 4.79 Å². The number of carbonyl (C=O) groups is 1. The summed E-state index contributed by atoms with van der Waals surface area (Å²) in [5.74, 6) is 1.87. The molecule has 2 unspecified atom stereocenters. The zero-order chi connectivity index (χ0) is 12.0. The lowest BCUT2D eigenvalue weighted by molar-refractivity contribution is -0.135. The van der Waals surface area contributed by atoms with Crippen molar-refractivity contribution in [2.75, 3.05) is 0 Å². The van der Waals surface area contributed by atoms with Crippen molar-refractivity contribution in [2.45, 2.75) is 70.6 Å². The SMILES string of the molecule is CC1CC(N2C(=O)C(C)NC2C2CCCC2)C1. The molecule has 17 heavy (non-hydrogen) atoms. The largest absolute Gasteiger partial charge is 0.323 e. The summed E-state index contributed by atoms with van der Waals surface area (Å²) < 4.78 is 0. The quantitative estimate of drug-likeness (QED) is 0.796. The summed E-state index contributed by atoms with van der Waals surface area (Å²) in [6, 6.07) is 0.567. The Morgan fingerprint density at radius 1 is 1.18 bits per heavy atom. The molecule has 0 spiro atoms. The first kappa shape index (κ1) is 11.5. The lowest BCUT2D eigenvalue weighted by Gasteiger charge is -2.43. The molecule has 2 atom stereocenters. The van der Waals surface area contributed by atoms with Crippen LogP contribution in [0.25, 0.3) is 0 Å². The molecule has 2 saturated carbocycles. The molecule has 3 rings (SSSR count). The Bertz CT molecular complexity index is 305. The Hall–Kier alpha value is -0.570. The number of hydrogen-bond acceptors (Lipinski definition) is 2. The number of hydrogen-bond donors (Lipinski definition) is 1. The first-order chi connectivity index (χ1) is 8.16. The fourth-order valence-corrected chi connectivity index (χ4v) is 3.90. The minimum atomic E-state index is 0.0384. The second-order valence-corrected chi connectivity index (χ2v) is 6.35. The zero-order valence-electron chi connectivity index (χ0n) is 11.0. The van der Waals surface area contributed by atoms with Crippen LogP contribution in [0.15, 0.2) is 0 Å². The Kier molecular flexibility index (Phi) is 2.89. The van der Waals surface area contributed by atoms with Crippen molar-refractivity contribution in [1.82, 2.24) is 10.2 Å². The van der Waals surface area contributed by atoms with E-state index in [0.29, 0.717) is 24.0 Å². The van der Waals surface area contributed by atoms with Crippen LogP contribution < -0.4 is 5.32 Å². The molecule has 1 N–H and O–H groups in total. The highest BCUT2D eigenvalue weighted by atomic mass is 16.2. The molecular weight excluding hydrogens is 212 g/mol. The van der Waals surface area contributed by atoms with Crippen LogP contribution in [-0.4, -0.2) is 29.1 Å². The molecule has 0 aromatic heterocycles. The van der Waals surface area contributed by atoms with Gasteiger partial charge in [0.15, 0.2) is 0 Å². The van der Waals surface area contributed by atoms with Crippen molar-refractivity contribution in [2.24, 2.45) is 11.8 Å². The maximum absolute atomic E-state index is 12.3. The van der Waals surface area contributed by atoms with Crippen LogP contribution in [0.2, 0.25) is 0 Å². The third kappa shape index (κ3) is 1.88. The molecule has 1 saturated heterocycles. The van der Waals surface area contributed by atoms with Crippen LogP contribution in [0.4, 0.5) is 0 Å². The van der Waals surface area contributed by atoms with Crippen LogP contribution >= 0.6 is 0 Å². The minimum absolute atomic E-state index is 0.0384. The minimum Gasteiger partial charge on any atom is -0.323 e. The Morgan fingerprint density at radius 3 is 2.41 bits per heavy atom. The normalized spacial score (nSPS) is 43.2. The van der Waals surface area contributed by atoms with Gasteiger partial charge in [0.25, 0.3) is 0 Å². The number of nitrogens with one attached hydrogen (secondary N) is 1. The van der Waals surface area contributed by atoms with E-state index in [1.807, 2.05) is 6.92 Å². The second-order valence-electron chi connectivity index (χ2n) is 6.35. The monoisotopic (exact) mass is 236 g/mol. The maximum Gasteiger partial charge on any atom is 0.240 e. The van der Waals surface area contributed by atoms with E-state index in [4.69, 9.17) is 0 Å². The van der Waals surface area contributed by atoms with Crippen molar-refractivity contribution in [1.29, 1.82) is 0 Å². The van der Waals surface area contributed by atoms with Crippen LogP contribution in [0.1, 0.15) is 52.4 Å². The van der Waals surface area contributed by atoms with Crippen LogP contribution in [0.3, 0.4) is 0 Å². The van der Waals surface area contributed by atoms with E-state index in [0.717, 1.165) is 5.92 Å². The first-order valence-electron chi connectivity index (χ1n) is 7.25.